The lowest BCUT2D eigenvalue weighted by atomic mass is 10.0. The van der Waals surface area contributed by atoms with Crippen LogP contribution < -0.4 is 4.72 Å². The Morgan fingerprint density at radius 1 is 1.09 bits per heavy atom. The zero-order chi connectivity index (χ0) is 23.8. The molecule has 0 amide bonds. The van der Waals surface area contributed by atoms with E-state index in [-0.39, 0.29) is 6.04 Å². The van der Waals surface area contributed by atoms with Crippen molar-refractivity contribution in [2.24, 2.45) is 0 Å². The second-order valence-corrected chi connectivity index (χ2v) is 12.5. The van der Waals surface area contributed by atoms with E-state index in [1.807, 2.05) is 69.3 Å². The number of hydrogen-bond acceptors (Lipinski definition) is 5. The van der Waals surface area contributed by atoms with E-state index in [1.165, 1.54) is 0 Å². The first-order chi connectivity index (χ1) is 15.6. The molecular formula is C26H27ClN2O2S2. The Morgan fingerprint density at radius 2 is 1.85 bits per heavy atom. The van der Waals surface area contributed by atoms with Gasteiger partial charge in [0.15, 0.2) is 0 Å². The molecule has 0 fully saturated rings. The third-order valence-electron chi connectivity index (χ3n) is 5.39. The SMILES string of the molecule is CC(O)c1ccnc(-c2cccc3cc([C@@H](N[S@@+]([O-])C(C)(C)C)c4ccccc4Cl)sc23)c1. The molecule has 0 aliphatic heterocycles. The third kappa shape index (κ3) is 5.27. The van der Waals surface area contributed by atoms with Crippen LogP contribution in [0.2, 0.25) is 5.02 Å². The van der Waals surface area contributed by atoms with Gasteiger partial charge >= 0.3 is 0 Å². The van der Waals surface area contributed by atoms with E-state index >= 15 is 0 Å². The molecule has 0 saturated heterocycles. The number of pyridine rings is 1. The van der Waals surface area contributed by atoms with Gasteiger partial charge in [0.05, 0.1) is 11.8 Å². The molecular weight excluding hydrogens is 472 g/mol. The van der Waals surface area contributed by atoms with Gasteiger partial charge in [0.25, 0.3) is 0 Å². The number of benzene rings is 2. The number of thiophene rings is 1. The molecule has 3 atom stereocenters. The van der Waals surface area contributed by atoms with Crippen LogP contribution in [0.15, 0.2) is 66.9 Å². The van der Waals surface area contributed by atoms with Crippen LogP contribution in [0.4, 0.5) is 0 Å². The maximum Gasteiger partial charge on any atom is 0.136 e. The minimum absolute atomic E-state index is 0.319. The number of aliphatic hydroxyl groups is 1. The summed E-state index contributed by atoms with van der Waals surface area (Å²) in [4.78, 5) is 5.58. The summed E-state index contributed by atoms with van der Waals surface area (Å²) in [6.07, 6.45) is 1.16. The van der Waals surface area contributed by atoms with Crippen molar-refractivity contribution in [1.82, 2.24) is 9.71 Å². The van der Waals surface area contributed by atoms with E-state index in [4.69, 9.17) is 11.6 Å². The first-order valence-corrected chi connectivity index (χ1v) is 13.1. The largest absolute Gasteiger partial charge is 0.598 e. The molecule has 0 spiro atoms. The normalized spacial score (nSPS) is 14.9. The summed E-state index contributed by atoms with van der Waals surface area (Å²) < 4.78 is 17.1. The van der Waals surface area contributed by atoms with Gasteiger partial charge in [-0.1, -0.05) is 48.0 Å². The fourth-order valence-electron chi connectivity index (χ4n) is 3.55. The van der Waals surface area contributed by atoms with Crippen LogP contribution in [0.25, 0.3) is 21.3 Å². The molecule has 33 heavy (non-hydrogen) atoms. The van der Waals surface area contributed by atoms with E-state index in [0.717, 1.165) is 37.3 Å². The third-order valence-corrected chi connectivity index (χ3v) is 8.54. The number of fused-ring (bicyclic) bond motifs is 1. The Hall–Kier alpha value is -1.93. The van der Waals surface area contributed by atoms with Crippen molar-refractivity contribution in [2.75, 3.05) is 0 Å². The highest BCUT2D eigenvalue weighted by atomic mass is 35.5. The van der Waals surface area contributed by atoms with Gasteiger partial charge in [-0.15, -0.1) is 16.1 Å². The second-order valence-electron chi connectivity index (χ2n) is 8.98. The van der Waals surface area contributed by atoms with Crippen LogP contribution >= 0.6 is 22.9 Å². The summed E-state index contributed by atoms with van der Waals surface area (Å²) in [6, 6.07) is 19.4. The average Bonchev–Trinajstić information content (AvgIpc) is 3.21. The van der Waals surface area contributed by atoms with Crippen LogP contribution in [0.5, 0.6) is 0 Å². The van der Waals surface area contributed by atoms with Crippen molar-refractivity contribution in [2.45, 2.75) is 44.6 Å². The molecule has 0 aliphatic rings. The lowest BCUT2D eigenvalue weighted by Crippen LogP contribution is -2.41. The van der Waals surface area contributed by atoms with Gasteiger partial charge in [-0.05, 0) is 68.5 Å². The fourth-order valence-corrected chi connectivity index (χ4v) is 5.94. The lowest BCUT2D eigenvalue weighted by Gasteiger charge is -2.28. The topological polar surface area (TPSA) is 68.2 Å². The predicted molar refractivity (Wildman–Crippen MR) is 140 cm³/mol. The van der Waals surface area contributed by atoms with Crippen LogP contribution in [0, 0.1) is 0 Å². The number of halogens is 1. The van der Waals surface area contributed by atoms with Crippen molar-refractivity contribution < 1.29 is 9.66 Å². The predicted octanol–water partition coefficient (Wildman–Crippen LogP) is 6.81. The molecule has 0 bridgehead atoms. The molecule has 2 aromatic heterocycles. The summed E-state index contributed by atoms with van der Waals surface area (Å²) >= 11 is 6.92. The van der Waals surface area contributed by atoms with E-state index in [0.29, 0.717) is 5.02 Å². The zero-order valence-electron chi connectivity index (χ0n) is 19.0. The summed E-state index contributed by atoms with van der Waals surface area (Å²) in [6.45, 7) is 7.59. The van der Waals surface area contributed by atoms with Crippen LogP contribution in [0.3, 0.4) is 0 Å². The van der Waals surface area contributed by atoms with Crippen molar-refractivity contribution >= 4 is 44.4 Å². The molecule has 7 heteroatoms. The van der Waals surface area contributed by atoms with Crippen LogP contribution in [0.1, 0.15) is 55.8 Å². The minimum atomic E-state index is -1.29. The van der Waals surface area contributed by atoms with Gasteiger partial charge in [-0.3, -0.25) is 4.98 Å². The number of hydrogen-bond donors (Lipinski definition) is 2. The van der Waals surface area contributed by atoms with E-state index in [1.54, 1.807) is 24.5 Å². The summed E-state index contributed by atoms with van der Waals surface area (Å²) in [7, 11) is 0. The van der Waals surface area contributed by atoms with Crippen LogP contribution in [-0.2, 0) is 11.4 Å². The smallest absolute Gasteiger partial charge is 0.136 e. The quantitative estimate of drug-likeness (QED) is 0.286. The maximum absolute atomic E-state index is 13.1. The Kier molecular flexibility index (Phi) is 7.15. The van der Waals surface area contributed by atoms with Crippen molar-refractivity contribution in [3.63, 3.8) is 0 Å². The number of nitrogens with one attached hydrogen (secondary N) is 1. The molecule has 0 saturated carbocycles. The Bertz CT molecular complexity index is 1270. The van der Waals surface area contributed by atoms with Crippen molar-refractivity contribution in [3.8, 4) is 11.3 Å². The molecule has 0 aliphatic carbocycles. The first-order valence-electron chi connectivity index (χ1n) is 10.7. The maximum atomic E-state index is 13.1. The van der Waals surface area contributed by atoms with E-state index < -0.39 is 22.2 Å². The Labute approximate surface area is 207 Å². The highest BCUT2D eigenvalue weighted by Crippen LogP contribution is 2.40. The van der Waals surface area contributed by atoms with Gasteiger partial charge in [-0.25, -0.2) is 0 Å². The van der Waals surface area contributed by atoms with Crippen molar-refractivity contribution in [1.29, 1.82) is 0 Å². The van der Waals surface area contributed by atoms with Gasteiger partial charge in [-0.2, -0.15) is 0 Å². The van der Waals surface area contributed by atoms with E-state index in [9.17, 15) is 9.66 Å². The van der Waals surface area contributed by atoms with Crippen LogP contribution in [-0.4, -0.2) is 19.4 Å². The number of rotatable bonds is 6. The summed E-state index contributed by atoms with van der Waals surface area (Å²) in [5, 5.41) is 11.7. The molecule has 0 radical (unpaired) electrons. The van der Waals surface area contributed by atoms with E-state index in [2.05, 4.69) is 21.8 Å². The molecule has 172 valence electrons. The summed E-state index contributed by atoms with van der Waals surface area (Å²) in [5.74, 6) is 0. The number of nitrogens with zero attached hydrogens (tertiary/aromatic N) is 1. The Balaban J connectivity index is 1.84. The monoisotopic (exact) mass is 498 g/mol. The van der Waals surface area contributed by atoms with Gasteiger partial charge in [0, 0.05) is 37.7 Å². The molecule has 4 aromatic rings. The highest BCUT2D eigenvalue weighted by Gasteiger charge is 2.32. The molecule has 4 nitrogen and oxygen atoms in total. The molecule has 2 N–H and O–H groups in total. The van der Waals surface area contributed by atoms with Gasteiger partial charge in [0.1, 0.15) is 10.8 Å². The summed E-state index contributed by atoms with van der Waals surface area (Å²) in [5.41, 5.74) is 3.53. The minimum Gasteiger partial charge on any atom is -0.598 e. The van der Waals surface area contributed by atoms with Gasteiger partial charge in [0.2, 0.25) is 0 Å². The number of aromatic nitrogens is 1. The Morgan fingerprint density at radius 3 is 2.55 bits per heavy atom. The number of aliphatic hydroxyl groups excluding tert-OH is 1. The highest BCUT2D eigenvalue weighted by molar-refractivity contribution is 7.90. The molecule has 1 unspecified atom stereocenters. The van der Waals surface area contributed by atoms with Crippen molar-refractivity contribution in [3.05, 3.63) is 87.9 Å². The lowest BCUT2D eigenvalue weighted by molar-refractivity contribution is 0.199. The standard InChI is InChI=1S/C26H27ClN2O2S2/c1-16(30)17-12-13-28-22(14-17)20-10-7-8-18-15-23(32-25(18)20)24(29-33(31)26(2,3)4)19-9-5-6-11-21(19)27/h5-16,24,29-30H,1-4H3/t16?,24-,33-/m0/s1. The second kappa shape index (κ2) is 9.74. The molecule has 2 aromatic carbocycles. The van der Waals surface area contributed by atoms with Gasteiger partial charge < -0.3 is 9.66 Å². The molecule has 4 rings (SSSR count). The zero-order valence-corrected chi connectivity index (χ0v) is 21.4. The average molecular weight is 499 g/mol. The first kappa shape index (κ1) is 24.2. The fraction of sp³-hybridized carbons (Fsp3) is 0.269. The molecule has 2 heterocycles.